The Morgan fingerprint density at radius 2 is 1.91 bits per heavy atom. The smallest absolute Gasteiger partial charge is 0.00772 e. The summed E-state index contributed by atoms with van der Waals surface area (Å²) in [6, 6.07) is 11.1. The van der Waals surface area contributed by atoms with Crippen molar-refractivity contribution in [3.63, 3.8) is 0 Å². The number of benzene rings is 1. The van der Waals surface area contributed by atoms with Crippen LogP contribution in [-0.4, -0.2) is 6.54 Å². The minimum atomic E-state index is 0.805. The van der Waals surface area contributed by atoms with Crippen molar-refractivity contribution in [2.45, 2.75) is 19.3 Å². The fourth-order valence-electron chi connectivity index (χ4n) is 1.06. The molecule has 1 heteroatoms. The van der Waals surface area contributed by atoms with E-state index >= 15 is 0 Å². The summed E-state index contributed by atoms with van der Waals surface area (Å²) >= 11 is 0. The summed E-state index contributed by atoms with van der Waals surface area (Å²) in [4.78, 5) is 0. The number of nitrogens with two attached hydrogens (primary N) is 1. The molecule has 0 aromatic heterocycles. The van der Waals surface area contributed by atoms with E-state index in [2.05, 4.69) is 18.2 Å². The molecule has 0 bridgehead atoms. The maximum Gasteiger partial charge on any atom is -0.00772 e. The second kappa shape index (κ2) is 4.91. The van der Waals surface area contributed by atoms with E-state index in [9.17, 15) is 0 Å². The maximum atomic E-state index is 5.39. The zero-order chi connectivity index (χ0) is 7.94. The van der Waals surface area contributed by atoms with Gasteiger partial charge in [-0.2, -0.15) is 0 Å². The van der Waals surface area contributed by atoms with Gasteiger partial charge >= 0.3 is 0 Å². The summed E-state index contributed by atoms with van der Waals surface area (Å²) in [7, 11) is 0. The van der Waals surface area contributed by atoms with Crippen LogP contribution >= 0.6 is 0 Å². The minimum Gasteiger partial charge on any atom is -0.330 e. The van der Waals surface area contributed by atoms with E-state index in [-0.39, 0.29) is 0 Å². The van der Waals surface area contributed by atoms with Crippen molar-refractivity contribution in [3.05, 3.63) is 35.9 Å². The van der Waals surface area contributed by atoms with Gasteiger partial charge in [-0.25, -0.2) is 0 Å². The van der Waals surface area contributed by atoms with Gasteiger partial charge in [0.15, 0.2) is 0 Å². The summed E-state index contributed by atoms with van der Waals surface area (Å²) in [5.74, 6) is 0. The van der Waals surface area contributed by atoms with Crippen LogP contribution < -0.4 is 5.73 Å². The van der Waals surface area contributed by atoms with E-state index < -0.39 is 0 Å². The van der Waals surface area contributed by atoms with E-state index in [1.165, 1.54) is 12.0 Å². The molecule has 1 aromatic carbocycles. The van der Waals surface area contributed by atoms with Gasteiger partial charge in [-0.15, -0.1) is 0 Å². The largest absolute Gasteiger partial charge is 0.330 e. The third-order valence-corrected chi connectivity index (χ3v) is 1.71. The molecule has 0 aliphatic rings. The monoisotopic (exact) mass is 148 g/mol. The molecule has 1 aromatic rings. The van der Waals surface area contributed by atoms with Crippen molar-refractivity contribution >= 4 is 0 Å². The van der Waals surface area contributed by atoms with Gasteiger partial charge in [0.1, 0.15) is 0 Å². The molecule has 0 aliphatic heterocycles. The molecule has 2 N–H and O–H groups in total. The molecule has 0 atom stereocenters. The molecule has 0 aliphatic carbocycles. The van der Waals surface area contributed by atoms with Crippen LogP contribution in [0.25, 0.3) is 0 Å². The Labute approximate surface area is 68.2 Å². The van der Waals surface area contributed by atoms with Gasteiger partial charge in [0.05, 0.1) is 0 Å². The molecule has 0 unspecified atom stereocenters. The first-order chi connectivity index (χ1) is 5.43. The highest BCUT2D eigenvalue weighted by molar-refractivity contribution is 5.13. The van der Waals surface area contributed by atoms with Crippen LogP contribution in [0.2, 0.25) is 0 Å². The molecule has 1 rings (SSSR count). The Morgan fingerprint density at radius 3 is 2.55 bits per heavy atom. The fourth-order valence-corrected chi connectivity index (χ4v) is 1.06. The zero-order valence-electron chi connectivity index (χ0n) is 6.72. The lowest BCUT2D eigenvalue weighted by atomic mass is 10.1. The van der Waals surface area contributed by atoms with Crippen molar-refractivity contribution in [1.82, 2.24) is 0 Å². The van der Waals surface area contributed by atoms with Gasteiger partial charge < -0.3 is 5.73 Å². The second-order valence-corrected chi connectivity index (χ2v) is 2.65. The van der Waals surface area contributed by atoms with E-state index in [1.54, 1.807) is 0 Å². The van der Waals surface area contributed by atoms with Gasteiger partial charge in [0.25, 0.3) is 0 Å². The summed E-state index contributed by atoms with van der Waals surface area (Å²) in [6.45, 7) is 0.805. The number of hydrogen-bond donors (Lipinski definition) is 1. The average Bonchev–Trinajstić information content (AvgIpc) is 2.07. The first-order valence-electron chi connectivity index (χ1n) is 4.08. The maximum absolute atomic E-state index is 5.39. The number of aryl methyl sites for hydroxylation is 1. The van der Waals surface area contributed by atoms with Crippen LogP contribution in [0.4, 0.5) is 0 Å². The SMILES string of the molecule is NCCCCc1cc[c]cc1. The van der Waals surface area contributed by atoms with Crippen LogP contribution in [0.15, 0.2) is 24.3 Å². The van der Waals surface area contributed by atoms with Gasteiger partial charge in [0.2, 0.25) is 0 Å². The van der Waals surface area contributed by atoms with E-state index in [0.717, 1.165) is 19.4 Å². The summed E-state index contributed by atoms with van der Waals surface area (Å²) in [6.07, 6.45) is 3.46. The van der Waals surface area contributed by atoms with E-state index in [0.29, 0.717) is 0 Å². The summed E-state index contributed by atoms with van der Waals surface area (Å²) in [5.41, 5.74) is 6.77. The van der Waals surface area contributed by atoms with Crippen LogP contribution in [0.3, 0.4) is 0 Å². The predicted octanol–water partition coefficient (Wildman–Crippen LogP) is 1.77. The van der Waals surface area contributed by atoms with Crippen molar-refractivity contribution in [2.24, 2.45) is 5.73 Å². The molecule has 0 fully saturated rings. The molecule has 0 saturated heterocycles. The molecule has 11 heavy (non-hydrogen) atoms. The lowest BCUT2D eigenvalue weighted by Gasteiger charge is -1.98. The van der Waals surface area contributed by atoms with Gasteiger partial charge in [0, 0.05) is 0 Å². The second-order valence-electron chi connectivity index (χ2n) is 2.65. The first-order valence-corrected chi connectivity index (χ1v) is 4.08. The molecule has 0 heterocycles. The van der Waals surface area contributed by atoms with Crippen LogP contribution in [0.5, 0.6) is 0 Å². The highest BCUT2D eigenvalue weighted by atomic mass is 14.5. The van der Waals surface area contributed by atoms with Gasteiger partial charge in [-0.1, -0.05) is 24.3 Å². The lowest BCUT2D eigenvalue weighted by Crippen LogP contribution is -1.98. The quantitative estimate of drug-likeness (QED) is 0.647. The predicted molar refractivity (Wildman–Crippen MR) is 47.3 cm³/mol. The van der Waals surface area contributed by atoms with Crippen molar-refractivity contribution in [1.29, 1.82) is 0 Å². The standard InChI is InChI=1S/C10H14N/c11-9-5-4-8-10-6-2-1-3-7-10/h2-3,6-7H,4-5,8-9,11H2. The Morgan fingerprint density at radius 1 is 1.18 bits per heavy atom. The Balaban J connectivity index is 2.28. The Bertz CT molecular complexity index is 181. The van der Waals surface area contributed by atoms with Crippen LogP contribution in [0.1, 0.15) is 18.4 Å². The number of unbranched alkanes of at least 4 members (excludes halogenated alkanes) is 1. The normalized spacial score (nSPS) is 9.91. The zero-order valence-corrected chi connectivity index (χ0v) is 6.72. The fraction of sp³-hybridized carbons (Fsp3) is 0.400. The molecule has 0 amide bonds. The third kappa shape index (κ3) is 3.19. The topological polar surface area (TPSA) is 26.0 Å². The van der Waals surface area contributed by atoms with E-state index in [1.807, 2.05) is 12.1 Å². The number of hydrogen-bond acceptors (Lipinski definition) is 1. The lowest BCUT2D eigenvalue weighted by molar-refractivity contribution is 0.745. The average molecular weight is 148 g/mol. The highest BCUT2D eigenvalue weighted by Crippen LogP contribution is 2.02. The molecule has 0 saturated carbocycles. The Hall–Kier alpha value is -0.820. The molecule has 1 nitrogen and oxygen atoms in total. The third-order valence-electron chi connectivity index (χ3n) is 1.71. The molecule has 0 spiro atoms. The molecule has 59 valence electrons. The number of rotatable bonds is 4. The minimum absolute atomic E-state index is 0.805. The molecule has 1 radical (unpaired) electrons. The van der Waals surface area contributed by atoms with E-state index in [4.69, 9.17) is 5.73 Å². The van der Waals surface area contributed by atoms with Crippen molar-refractivity contribution in [2.75, 3.05) is 6.54 Å². The summed E-state index contributed by atoms with van der Waals surface area (Å²) < 4.78 is 0. The van der Waals surface area contributed by atoms with Gasteiger partial charge in [-0.3, -0.25) is 0 Å². The molecular formula is C10H14N. The Kier molecular flexibility index (Phi) is 3.70. The highest BCUT2D eigenvalue weighted by Gasteiger charge is 1.89. The van der Waals surface area contributed by atoms with Crippen LogP contribution in [-0.2, 0) is 6.42 Å². The van der Waals surface area contributed by atoms with Gasteiger partial charge in [-0.05, 0) is 37.4 Å². The first kappa shape index (κ1) is 8.28. The summed E-state index contributed by atoms with van der Waals surface area (Å²) in [5, 5.41) is 0. The van der Waals surface area contributed by atoms with Crippen LogP contribution in [0, 0.1) is 6.07 Å². The van der Waals surface area contributed by atoms with Crippen molar-refractivity contribution < 1.29 is 0 Å². The van der Waals surface area contributed by atoms with Crippen molar-refractivity contribution in [3.8, 4) is 0 Å². The molecular weight excluding hydrogens is 134 g/mol.